The summed E-state index contributed by atoms with van der Waals surface area (Å²) < 4.78 is 10.9. The molecule has 0 bridgehead atoms. The number of nitrogens with one attached hydrogen (secondary N) is 1. The summed E-state index contributed by atoms with van der Waals surface area (Å²) in [4.78, 5) is 63.8. The van der Waals surface area contributed by atoms with E-state index in [1.165, 1.54) is 53.1 Å². The predicted octanol–water partition coefficient (Wildman–Crippen LogP) is 4.80. The van der Waals surface area contributed by atoms with E-state index in [4.69, 9.17) is 9.47 Å². The van der Waals surface area contributed by atoms with E-state index in [-0.39, 0.29) is 29.8 Å². The van der Waals surface area contributed by atoms with Crippen molar-refractivity contribution in [3.8, 4) is 0 Å². The number of esters is 1. The number of hydrogen-bond acceptors (Lipinski definition) is 10. The summed E-state index contributed by atoms with van der Waals surface area (Å²) in [5.74, 6) is -1.80. The summed E-state index contributed by atoms with van der Waals surface area (Å²) in [5, 5.41) is 25.5. The first-order valence-corrected chi connectivity index (χ1v) is 13.9. The lowest BCUT2D eigenvalue weighted by atomic mass is 9.84. The molecule has 14 heteroatoms. The largest absolute Gasteiger partial charge is 0.444 e. The Hall–Kier alpha value is -5.24. The summed E-state index contributed by atoms with van der Waals surface area (Å²) in [7, 11) is 0. The van der Waals surface area contributed by atoms with Crippen LogP contribution in [0.2, 0.25) is 0 Å². The van der Waals surface area contributed by atoms with Crippen LogP contribution in [0.1, 0.15) is 34.0 Å². The lowest BCUT2D eigenvalue weighted by Gasteiger charge is -2.50. The second kappa shape index (κ2) is 11.9. The highest BCUT2D eigenvalue weighted by molar-refractivity contribution is 8.09. The van der Waals surface area contributed by atoms with Crippen molar-refractivity contribution in [2.45, 2.75) is 30.9 Å². The van der Waals surface area contributed by atoms with E-state index in [2.05, 4.69) is 5.32 Å². The van der Waals surface area contributed by atoms with Gasteiger partial charge in [-0.15, -0.1) is 0 Å². The van der Waals surface area contributed by atoms with Crippen molar-refractivity contribution in [1.29, 1.82) is 0 Å². The molecule has 0 saturated carbocycles. The van der Waals surface area contributed by atoms with Crippen molar-refractivity contribution in [2.24, 2.45) is 0 Å². The van der Waals surface area contributed by atoms with Crippen LogP contribution in [0.3, 0.4) is 0 Å². The number of alkyl carbamates (subject to hydrolysis) is 1. The number of benzene rings is 3. The number of β-lactam (4-membered cyclic amide) rings is 1. The topological polar surface area (TPSA) is 171 Å². The van der Waals surface area contributed by atoms with Gasteiger partial charge in [-0.3, -0.25) is 29.9 Å². The van der Waals surface area contributed by atoms with Gasteiger partial charge in [-0.05, 0) is 24.6 Å². The molecule has 2 aliphatic heterocycles. The van der Waals surface area contributed by atoms with Crippen molar-refractivity contribution in [3.63, 3.8) is 0 Å². The number of rotatable bonds is 10. The molecule has 0 aliphatic carbocycles. The highest BCUT2D eigenvalue weighted by atomic mass is 32.2. The van der Waals surface area contributed by atoms with Crippen molar-refractivity contribution >= 4 is 46.0 Å². The molecular formula is C29H24N4O9S. The molecular weight excluding hydrogens is 580 g/mol. The molecule has 1 N–H and O–H groups in total. The fraction of sp³-hybridized carbons (Fsp3) is 0.207. The average molecular weight is 605 g/mol. The molecule has 1 saturated heterocycles. The number of amides is 2. The quantitative estimate of drug-likeness (QED) is 0.147. The molecule has 0 radical (unpaired) electrons. The Balaban J connectivity index is 1.51. The Morgan fingerprint density at radius 1 is 0.977 bits per heavy atom. The number of carbonyl (C=O) groups excluding carboxylic acids is 3. The van der Waals surface area contributed by atoms with E-state index in [1.54, 1.807) is 19.2 Å². The number of fused-ring (bicyclic) bond motifs is 1. The van der Waals surface area contributed by atoms with Gasteiger partial charge in [0.1, 0.15) is 17.5 Å². The third-order valence-corrected chi connectivity index (χ3v) is 8.35. The van der Waals surface area contributed by atoms with Crippen molar-refractivity contribution in [1.82, 2.24) is 10.2 Å². The maximum Gasteiger partial charge on any atom is 0.407 e. The smallest absolute Gasteiger partial charge is 0.407 e. The van der Waals surface area contributed by atoms with Crippen LogP contribution in [0.15, 0.2) is 79.0 Å². The predicted molar refractivity (Wildman–Crippen MR) is 155 cm³/mol. The summed E-state index contributed by atoms with van der Waals surface area (Å²) in [6.45, 7) is 1.45. The lowest BCUT2D eigenvalue weighted by Crippen LogP contribution is -2.72. The average Bonchev–Trinajstić information content (AvgIpc) is 3.43. The minimum absolute atomic E-state index is 0.0664. The van der Waals surface area contributed by atoms with E-state index in [9.17, 15) is 34.6 Å². The molecule has 220 valence electrons. The molecule has 5 rings (SSSR count). The number of nitro benzene ring substituents is 2. The maximum atomic E-state index is 13.7. The standard InChI is InChI=1S/C29H24N4O9S/c1-2-30-28(36)41-17-20-12-8-13-21(24(20)33(39)40)25(34)42-29(15-19-11-6-7-14-22(19)32(37)38)26(35)31-16-23(43-27(29)31)18-9-4-3-5-10-18/h3-14,16,27H,2,15,17H2,1H3,(H,30,36)/t27-,29-/m0/s1. The van der Waals surface area contributed by atoms with Crippen molar-refractivity contribution in [2.75, 3.05) is 6.54 Å². The molecule has 43 heavy (non-hydrogen) atoms. The first-order chi connectivity index (χ1) is 20.7. The molecule has 2 amide bonds. The van der Waals surface area contributed by atoms with Gasteiger partial charge in [0.15, 0.2) is 0 Å². The fourth-order valence-electron chi connectivity index (χ4n) is 4.95. The van der Waals surface area contributed by atoms with Gasteiger partial charge in [-0.25, -0.2) is 9.59 Å². The summed E-state index contributed by atoms with van der Waals surface area (Å²) in [5.41, 5.74) is -2.39. The van der Waals surface area contributed by atoms with Gasteiger partial charge in [-0.2, -0.15) is 0 Å². The van der Waals surface area contributed by atoms with Crippen LogP contribution in [0.25, 0.3) is 4.91 Å². The molecule has 0 aromatic heterocycles. The van der Waals surface area contributed by atoms with Crippen LogP contribution in [0.5, 0.6) is 0 Å². The molecule has 0 unspecified atom stereocenters. The van der Waals surface area contributed by atoms with Crippen LogP contribution in [-0.4, -0.2) is 50.2 Å². The van der Waals surface area contributed by atoms with Crippen LogP contribution >= 0.6 is 11.8 Å². The number of ether oxygens (including phenoxy) is 2. The molecule has 1 fully saturated rings. The van der Waals surface area contributed by atoms with Crippen LogP contribution in [0.4, 0.5) is 16.2 Å². The van der Waals surface area contributed by atoms with E-state index < -0.39 is 56.6 Å². The van der Waals surface area contributed by atoms with Gasteiger partial charge in [0.25, 0.3) is 17.3 Å². The Labute approximate surface area is 248 Å². The Kier molecular flexibility index (Phi) is 8.12. The number of nitro groups is 2. The van der Waals surface area contributed by atoms with Gasteiger partial charge in [0, 0.05) is 35.7 Å². The molecule has 2 atom stereocenters. The second-order valence-corrected chi connectivity index (χ2v) is 10.7. The monoisotopic (exact) mass is 604 g/mol. The van der Waals surface area contributed by atoms with Gasteiger partial charge in [0.05, 0.1) is 15.4 Å². The number of carbonyl (C=O) groups is 3. The third kappa shape index (κ3) is 5.51. The Morgan fingerprint density at radius 3 is 2.37 bits per heavy atom. The number of nitrogens with zero attached hydrogens (tertiary/aromatic N) is 3. The number of para-hydroxylation sites is 2. The molecule has 13 nitrogen and oxygen atoms in total. The zero-order chi connectivity index (χ0) is 30.7. The van der Waals surface area contributed by atoms with Gasteiger partial charge < -0.3 is 14.8 Å². The van der Waals surface area contributed by atoms with Gasteiger partial charge in [0.2, 0.25) is 5.60 Å². The minimum atomic E-state index is -1.91. The minimum Gasteiger partial charge on any atom is -0.444 e. The molecule has 2 heterocycles. The SMILES string of the molecule is CCNC(=O)OCc1cccc(C(=O)O[C@@]2(Cc3ccccc3[N+](=O)[O-])C(=O)N3C=C(c4ccccc4)S[C@H]32)c1[N+](=O)[O-]. The third-order valence-electron chi connectivity index (χ3n) is 6.92. The van der Waals surface area contributed by atoms with E-state index in [1.807, 2.05) is 30.3 Å². The second-order valence-electron chi connectivity index (χ2n) is 9.56. The van der Waals surface area contributed by atoms with Crippen molar-refractivity contribution < 1.29 is 33.7 Å². The first kappa shape index (κ1) is 29.3. The highest BCUT2D eigenvalue weighted by Gasteiger charge is 2.66. The number of thioether (sulfide) groups is 1. The maximum absolute atomic E-state index is 13.7. The Bertz CT molecular complexity index is 1660. The zero-order valence-electron chi connectivity index (χ0n) is 22.6. The molecule has 2 aliphatic rings. The fourth-order valence-corrected chi connectivity index (χ4v) is 6.33. The van der Waals surface area contributed by atoms with Crippen LogP contribution < -0.4 is 5.32 Å². The normalized spacial score (nSPS) is 18.6. The first-order valence-electron chi connectivity index (χ1n) is 13.1. The van der Waals surface area contributed by atoms with Crippen LogP contribution in [0, 0.1) is 20.2 Å². The van der Waals surface area contributed by atoms with E-state index in [0.717, 1.165) is 10.5 Å². The molecule has 0 spiro atoms. The molecule has 3 aromatic rings. The summed E-state index contributed by atoms with van der Waals surface area (Å²) >= 11 is 1.25. The van der Waals surface area contributed by atoms with Gasteiger partial charge in [-0.1, -0.05) is 66.4 Å². The summed E-state index contributed by atoms with van der Waals surface area (Å²) in [6.07, 6.45) is 0.487. The van der Waals surface area contributed by atoms with Gasteiger partial charge >= 0.3 is 12.1 Å². The number of hydrogen-bond donors (Lipinski definition) is 1. The highest BCUT2D eigenvalue weighted by Crippen LogP contribution is 2.54. The zero-order valence-corrected chi connectivity index (χ0v) is 23.4. The Morgan fingerprint density at radius 2 is 1.67 bits per heavy atom. The van der Waals surface area contributed by atoms with Crippen molar-refractivity contribution in [3.05, 3.63) is 121 Å². The van der Waals surface area contributed by atoms with Crippen LogP contribution in [-0.2, 0) is 27.3 Å². The lowest BCUT2D eigenvalue weighted by molar-refractivity contribution is -0.386. The summed E-state index contributed by atoms with van der Waals surface area (Å²) in [6, 6.07) is 18.9. The van der Waals surface area contributed by atoms with E-state index in [0.29, 0.717) is 0 Å². The molecule has 3 aromatic carbocycles. The van der Waals surface area contributed by atoms with E-state index >= 15 is 0 Å².